The van der Waals surface area contributed by atoms with E-state index in [2.05, 4.69) is 12.6 Å². The van der Waals surface area contributed by atoms with E-state index in [4.69, 9.17) is 15.3 Å². The lowest BCUT2D eigenvalue weighted by molar-refractivity contribution is -0.137. The van der Waals surface area contributed by atoms with Crippen molar-refractivity contribution in [2.24, 2.45) is 5.73 Å². The SMILES string of the molecule is N[C@@H](CS)C(=O)O.O=c1ccc2ccccc2o1. The number of nitrogens with two attached hydrogens (primary N) is 1. The van der Waals surface area contributed by atoms with E-state index in [-0.39, 0.29) is 11.4 Å². The third-order valence-electron chi connectivity index (χ3n) is 2.04. The minimum Gasteiger partial charge on any atom is -0.480 e. The zero-order chi connectivity index (χ0) is 13.5. The number of hydrogen-bond acceptors (Lipinski definition) is 5. The van der Waals surface area contributed by atoms with Crippen molar-refractivity contribution in [3.63, 3.8) is 0 Å². The van der Waals surface area contributed by atoms with Crippen molar-refractivity contribution in [3.8, 4) is 0 Å². The second-order valence-corrected chi connectivity index (χ2v) is 3.78. The number of hydrogen-bond donors (Lipinski definition) is 3. The smallest absolute Gasteiger partial charge is 0.336 e. The van der Waals surface area contributed by atoms with Gasteiger partial charge >= 0.3 is 11.6 Å². The quantitative estimate of drug-likeness (QED) is 0.560. The number of fused-ring (bicyclic) bond motifs is 1. The summed E-state index contributed by atoms with van der Waals surface area (Å²) < 4.78 is 4.91. The van der Waals surface area contributed by atoms with Crippen LogP contribution in [0, 0.1) is 0 Å². The maximum Gasteiger partial charge on any atom is 0.336 e. The Morgan fingerprint density at radius 3 is 2.56 bits per heavy atom. The second-order valence-electron chi connectivity index (χ2n) is 3.42. The fourth-order valence-corrected chi connectivity index (χ4v) is 1.25. The first kappa shape index (κ1) is 14.3. The Hall–Kier alpha value is -1.79. The Kier molecular flexibility index (Phi) is 5.41. The fourth-order valence-electron chi connectivity index (χ4n) is 1.09. The van der Waals surface area contributed by atoms with Crippen molar-refractivity contribution < 1.29 is 14.3 Å². The van der Waals surface area contributed by atoms with E-state index in [0.29, 0.717) is 5.58 Å². The molecule has 0 aliphatic rings. The highest BCUT2D eigenvalue weighted by Crippen LogP contribution is 2.08. The number of rotatable bonds is 2. The highest BCUT2D eigenvalue weighted by atomic mass is 32.1. The molecule has 3 N–H and O–H groups in total. The number of thiol groups is 1. The van der Waals surface area contributed by atoms with Crippen molar-refractivity contribution in [1.29, 1.82) is 0 Å². The minimum atomic E-state index is -1.00. The summed E-state index contributed by atoms with van der Waals surface area (Å²) in [5, 5.41) is 8.96. The van der Waals surface area contributed by atoms with Crippen LogP contribution >= 0.6 is 12.6 Å². The molecule has 5 nitrogen and oxygen atoms in total. The van der Waals surface area contributed by atoms with Gasteiger partial charge in [-0.1, -0.05) is 18.2 Å². The molecule has 18 heavy (non-hydrogen) atoms. The number of carbonyl (C=O) groups is 1. The van der Waals surface area contributed by atoms with Crippen molar-refractivity contribution in [2.75, 3.05) is 5.75 Å². The van der Waals surface area contributed by atoms with Crippen LogP contribution in [0.15, 0.2) is 45.6 Å². The lowest BCUT2D eigenvalue weighted by Crippen LogP contribution is -2.31. The van der Waals surface area contributed by atoms with Crippen LogP contribution in [-0.2, 0) is 4.79 Å². The van der Waals surface area contributed by atoms with Gasteiger partial charge in [-0.3, -0.25) is 4.79 Å². The molecule has 0 aliphatic heterocycles. The van der Waals surface area contributed by atoms with Crippen LogP contribution < -0.4 is 11.4 Å². The molecule has 1 aromatic heterocycles. The maximum atomic E-state index is 10.7. The Labute approximate surface area is 109 Å². The van der Waals surface area contributed by atoms with E-state index in [1.54, 1.807) is 12.1 Å². The zero-order valence-corrected chi connectivity index (χ0v) is 10.3. The highest BCUT2D eigenvalue weighted by molar-refractivity contribution is 7.80. The van der Waals surface area contributed by atoms with E-state index < -0.39 is 12.0 Å². The van der Waals surface area contributed by atoms with Gasteiger partial charge in [-0.15, -0.1) is 0 Å². The van der Waals surface area contributed by atoms with Gasteiger partial charge in [0.25, 0.3) is 0 Å². The number of para-hydroxylation sites is 1. The first-order valence-electron chi connectivity index (χ1n) is 5.12. The minimum absolute atomic E-state index is 0.190. The molecule has 2 rings (SSSR count). The lowest BCUT2D eigenvalue weighted by atomic mass is 10.2. The molecule has 1 aromatic carbocycles. The Bertz CT molecular complexity index is 581. The lowest BCUT2D eigenvalue weighted by Gasteiger charge is -1.96. The van der Waals surface area contributed by atoms with Crippen LogP contribution in [0.2, 0.25) is 0 Å². The summed E-state index contributed by atoms with van der Waals surface area (Å²) in [6.07, 6.45) is 0. The normalized spacial score (nSPS) is 11.4. The first-order chi connectivity index (χ1) is 8.54. The molecule has 1 atom stereocenters. The van der Waals surface area contributed by atoms with Gasteiger partial charge < -0.3 is 15.3 Å². The van der Waals surface area contributed by atoms with E-state index >= 15 is 0 Å². The zero-order valence-electron chi connectivity index (χ0n) is 9.45. The van der Waals surface area contributed by atoms with Gasteiger partial charge in [0.05, 0.1) is 0 Å². The predicted octanol–water partition coefficient (Wildman–Crippen LogP) is 1.12. The van der Waals surface area contributed by atoms with Crippen LogP contribution in [0.25, 0.3) is 11.0 Å². The number of benzene rings is 1. The van der Waals surface area contributed by atoms with Gasteiger partial charge in [0, 0.05) is 17.2 Å². The molecule has 0 saturated heterocycles. The summed E-state index contributed by atoms with van der Waals surface area (Å²) in [5.41, 5.74) is 5.28. The van der Waals surface area contributed by atoms with Crippen molar-refractivity contribution in [3.05, 3.63) is 46.8 Å². The fraction of sp³-hybridized carbons (Fsp3) is 0.167. The molecule has 6 heteroatoms. The first-order valence-corrected chi connectivity index (χ1v) is 5.76. The van der Waals surface area contributed by atoms with Crippen LogP contribution in [0.5, 0.6) is 0 Å². The van der Waals surface area contributed by atoms with Gasteiger partial charge in [-0.25, -0.2) is 4.79 Å². The highest BCUT2D eigenvalue weighted by Gasteiger charge is 2.06. The van der Waals surface area contributed by atoms with Gasteiger partial charge in [0.2, 0.25) is 0 Å². The molecular formula is C12H13NO4S. The number of aliphatic carboxylic acids is 1. The molecule has 0 aliphatic carbocycles. The van der Waals surface area contributed by atoms with E-state index in [1.165, 1.54) is 6.07 Å². The average Bonchev–Trinajstić information content (AvgIpc) is 2.38. The van der Waals surface area contributed by atoms with Crippen molar-refractivity contribution in [1.82, 2.24) is 0 Å². The van der Waals surface area contributed by atoms with Gasteiger partial charge in [-0.05, 0) is 12.1 Å². The van der Waals surface area contributed by atoms with Gasteiger partial charge in [-0.2, -0.15) is 12.6 Å². The van der Waals surface area contributed by atoms with Gasteiger partial charge in [0.1, 0.15) is 11.6 Å². The molecule has 0 amide bonds. The summed E-state index contributed by atoms with van der Waals surface area (Å²) in [6.45, 7) is 0. The monoisotopic (exact) mass is 267 g/mol. The van der Waals surface area contributed by atoms with Crippen LogP contribution in [0.1, 0.15) is 0 Å². The molecule has 1 heterocycles. The number of carboxylic acids is 1. The molecule has 96 valence electrons. The van der Waals surface area contributed by atoms with Crippen LogP contribution in [0.4, 0.5) is 0 Å². The van der Waals surface area contributed by atoms with Crippen molar-refractivity contribution in [2.45, 2.75) is 6.04 Å². The largest absolute Gasteiger partial charge is 0.480 e. The number of carboxylic acid groups (broad SMARTS) is 1. The van der Waals surface area contributed by atoms with E-state index in [1.807, 2.05) is 18.2 Å². The molecule has 0 saturated carbocycles. The summed E-state index contributed by atoms with van der Waals surface area (Å²) in [4.78, 5) is 20.5. The van der Waals surface area contributed by atoms with Crippen LogP contribution in [0.3, 0.4) is 0 Å². The molecular weight excluding hydrogens is 254 g/mol. The van der Waals surface area contributed by atoms with Crippen LogP contribution in [-0.4, -0.2) is 22.9 Å². The standard InChI is InChI=1S/C9H6O2.C3H7NO2S/c10-9-6-5-7-3-1-2-4-8(7)11-9;4-2(1-7)3(5)6/h1-6H;2,7H,1,4H2,(H,5,6)/t;2-/m.0/s1. The average molecular weight is 267 g/mol. The Morgan fingerprint density at radius 2 is 2.00 bits per heavy atom. The summed E-state index contributed by atoms with van der Waals surface area (Å²) in [7, 11) is 0. The van der Waals surface area contributed by atoms with Gasteiger partial charge in [0.15, 0.2) is 0 Å². The van der Waals surface area contributed by atoms with E-state index in [9.17, 15) is 9.59 Å². The summed E-state index contributed by atoms with van der Waals surface area (Å²) >= 11 is 3.65. The molecule has 0 unspecified atom stereocenters. The maximum absolute atomic E-state index is 10.7. The molecule has 0 fully saturated rings. The molecule has 2 aromatic rings. The molecule has 0 radical (unpaired) electrons. The third-order valence-corrected chi connectivity index (χ3v) is 2.44. The molecule has 0 bridgehead atoms. The summed E-state index contributed by atoms with van der Waals surface area (Å²) in [6, 6.07) is 9.77. The topological polar surface area (TPSA) is 93.5 Å². The van der Waals surface area contributed by atoms with E-state index in [0.717, 1.165) is 5.39 Å². The van der Waals surface area contributed by atoms with Crippen molar-refractivity contribution >= 4 is 29.6 Å². The molecule has 0 spiro atoms. The Morgan fingerprint density at radius 1 is 1.33 bits per heavy atom. The second kappa shape index (κ2) is 6.83. The summed E-state index contributed by atoms with van der Waals surface area (Å²) in [5.74, 6) is -0.815. The predicted molar refractivity (Wildman–Crippen MR) is 71.9 cm³/mol. The Balaban J connectivity index is 0.000000203. The third kappa shape index (κ3) is 4.23.